The smallest absolute Gasteiger partial charge is 0.319 e. The minimum atomic E-state index is -0.670. The SMILES string of the molecule is COc1ccc(NC(=O)N[C@@H](C)C(=O)NC(C)(C)C)c(Cl)c1. The van der Waals surface area contributed by atoms with Gasteiger partial charge >= 0.3 is 6.03 Å². The zero-order chi connectivity index (χ0) is 16.9. The topological polar surface area (TPSA) is 79.5 Å². The van der Waals surface area contributed by atoms with Crippen molar-refractivity contribution >= 4 is 29.2 Å². The molecule has 1 rings (SSSR count). The van der Waals surface area contributed by atoms with Gasteiger partial charge in [-0.25, -0.2) is 4.79 Å². The molecule has 0 saturated heterocycles. The van der Waals surface area contributed by atoms with E-state index in [4.69, 9.17) is 16.3 Å². The molecule has 22 heavy (non-hydrogen) atoms. The molecule has 7 heteroatoms. The molecule has 0 bridgehead atoms. The Labute approximate surface area is 135 Å². The van der Waals surface area contributed by atoms with Gasteiger partial charge in [-0.15, -0.1) is 0 Å². The van der Waals surface area contributed by atoms with E-state index < -0.39 is 12.1 Å². The lowest BCUT2D eigenvalue weighted by Crippen LogP contribution is -2.51. The van der Waals surface area contributed by atoms with E-state index in [1.54, 1.807) is 25.1 Å². The van der Waals surface area contributed by atoms with Crippen molar-refractivity contribution in [3.05, 3.63) is 23.2 Å². The molecule has 0 aliphatic heterocycles. The van der Waals surface area contributed by atoms with Crippen molar-refractivity contribution in [3.8, 4) is 5.75 Å². The predicted molar refractivity (Wildman–Crippen MR) is 87.5 cm³/mol. The first-order valence-corrected chi connectivity index (χ1v) is 7.23. The fraction of sp³-hybridized carbons (Fsp3) is 0.467. The lowest BCUT2D eigenvalue weighted by molar-refractivity contribution is -0.123. The second-order valence-corrected chi connectivity index (χ2v) is 6.31. The Kier molecular flexibility index (Phi) is 6.05. The van der Waals surface area contributed by atoms with Gasteiger partial charge in [-0.2, -0.15) is 0 Å². The number of hydrogen-bond acceptors (Lipinski definition) is 3. The molecule has 0 aliphatic rings. The van der Waals surface area contributed by atoms with Crippen molar-refractivity contribution in [3.63, 3.8) is 0 Å². The van der Waals surface area contributed by atoms with Crippen LogP contribution in [0.25, 0.3) is 0 Å². The molecule has 0 fully saturated rings. The molecule has 3 N–H and O–H groups in total. The molecule has 3 amide bonds. The Morgan fingerprint density at radius 1 is 1.27 bits per heavy atom. The van der Waals surface area contributed by atoms with Gasteiger partial charge in [0.15, 0.2) is 0 Å². The number of rotatable bonds is 4. The third kappa shape index (κ3) is 5.81. The molecule has 0 saturated carbocycles. The first kappa shape index (κ1) is 18.1. The van der Waals surface area contributed by atoms with Crippen LogP contribution in [0.1, 0.15) is 27.7 Å². The van der Waals surface area contributed by atoms with Gasteiger partial charge in [0.2, 0.25) is 5.91 Å². The lowest BCUT2D eigenvalue weighted by Gasteiger charge is -2.23. The summed E-state index contributed by atoms with van der Waals surface area (Å²) in [5.41, 5.74) is 0.0754. The first-order valence-electron chi connectivity index (χ1n) is 6.85. The summed E-state index contributed by atoms with van der Waals surface area (Å²) >= 11 is 6.04. The number of amides is 3. The van der Waals surface area contributed by atoms with Crippen LogP contribution in [0.4, 0.5) is 10.5 Å². The standard InChI is InChI=1S/C15H22ClN3O3/c1-9(13(20)19-15(2,3)4)17-14(21)18-12-7-6-10(22-5)8-11(12)16/h6-9H,1-5H3,(H,19,20)(H2,17,18,21)/t9-/m0/s1. The van der Waals surface area contributed by atoms with Crippen molar-refractivity contribution in [2.24, 2.45) is 0 Å². The normalized spacial score (nSPS) is 12.3. The van der Waals surface area contributed by atoms with Crippen LogP contribution in [-0.2, 0) is 4.79 Å². The van der Waals surface area contributed by atoms with Gasteiger partial charge in [0.25, 0.3) is 0 Å². The van der Waals surface area contributed by atoms with Gasteiger partial charge in [-0.3, -0.25) is 4.79 Å². The molecule has 1 atom stereocenters. The minimum absolute atomic E-state index is 0.261. The molecule has 1 aromatic carbocycles. The van der Waals surface area contributed by atoms with Gasteiger partial charge in [-0.1, -0.05) is 11.6 Å². The molecule has 0 spiro atoms. The number of carbonyl (C=O) groups is 2. The molecule has 0 aliphatic carbocycles. The third-order valence-corrected chi connectivity index (χ3v) is 2.98. The van der Waals surface area contributed by atoms with Crippen LogP contribution in [0, 0.1) is 0 Å². The van der Waals surface area contributed by atoms with E-state index in [1.807, 2.05) is 20.8 Å². The monoisotopic (exact) mass is 327 g/mol. The van der Waals surface area contributed by atoms with E-state index in [1.165, 1.54) is 7.11 Å². The number of methoxy groups -OCH3 is 1. The Morgan fingerprint density at radius 2 is 1.91 bits per heavy atom. The summed E-state index contributed by atoms with van der Waals surface area (Å²) in [5, 5.41) is 8.29. The van der Waals surface area contributed by atoms with Gasteiger partial charge in [-0.05, 0) is 39.8 Å². The van der Waals surface area contributed by atoms with E-state index >= 15 is 0 Å². The Morgan fingerprint density at radius 3 is 2.41 bits per heavy atom. The molecule has 0 heterocycles. The molecule has 1 aromatic rings. The molecule has 6 nitrogen and oxygen atoms in total. The van der Waals surface area contributed by atoms with Crippen molar-refractivity contribution in [2.75, 3.05) is 12.4 Å². The highest BCUT2D eigenvalue weighted by atomic mass is 35.5. The molecule has 0 radical (unpaired) electrons. The molecule has 0 unspecified atom stereocenters. The summed E-state index contributed by atoms with van der Waals surface area (Å²) in [5.74, 6) is 0.331. The molecular weight excluding hydrogens is 306 g/mol. The maximum Gasteiger partial charge on any atom is 0.319 e. The highest BCUT2D eigenvalue weighted by molar-refractivity contribution is 6.33. The van der Waals surface area contributed by atoms with Crippen molar-refractivity contribution < 1.29 is 14.3 Å². The largest absolute Gasteiger partial charge is 0.497 e. The maximum absolute atomic E-state index is 11.9. The number of urea groups is 1. The van der Waals surface area contributed by atoms with Crippen LogP contribution in [0.5, 0.6) is 5.75 Å². The number of halogens is 1. The first-order chi connectivity index (χ1) is 10.1. The van der Waals surface area contributed by atoms with Gasteiger partial charge < -0.3 is 20.7 Å². The van der Waals surface area contributed by atoms with Crippen LogP contribution >= 0.6 is 11.6 Å². The van der Waals surface area contributed by atoms with E-state index in [0.717, 1.165) is 0 Å². The average Bonchev–Trinajstić information content (AvgIpc) is 2.39. The number of hydrogen-bond donors (Lipinski definition) is 3. The van der Waals surface area contributed by atoms with Crippen LogP contribution in [0.3, 0.4) is 0 Å². The van der Waals surface area contributed by atoms with Gasteiger partial charge in [0.05, 0.1) is 17.8 Å². The summed E-state index contributed by atoms with van der Waals surface area (Å²) in [7, 11) is 1.53. The zero-order valence-corrected chi connectivity index (χ0v) is 14.2. The van der Waals surface area contributed by atoms with E-state index in [0.29, 0.717) is 16.5 Å². The lowest BCUT2D eigenvalue weighted by atomic mass is 10.1. The zero-order valence-electron chi connectivity index (χ0n) is 13.4. The van der Waals surface area contributed by atoms with Gasteiger partial charge in [0.1, 0.15) is 11.8 Å². The van der Waals surface area contributed by atoms with E-state index in [9.17, 15) is 9.59 Å². The van der Waals surface area contributed by atoms with Crippen LogP contribution in [-0.4, -0.2) is 30.6 Å². The summed E-state index contributed by atoms with van der Waals surface area (Å²) in [6.45, 7) is 7.22. The molecule has 0 aromatic heterocycles. The number of benzene rings is 1. The maximum atomic E-state index is 11.9. The second-order valence-electron chi connectivity index (χ2n) is 5.91. The quantitative estimate of drug-likeness (QED) is 0.795. The Balaban J connectivity index is 2.61. The minimum Gasteiger partial charge on any atom is -0.497 e. The second kappa shape index (κ2) is 7.35. The van der Waals surface area contributed by atoms with Gasteiger partial charge in [0, 0.05) is 11.6 Å². The average molecular weight is 328 g/mol. The van der Waals surface area contributed by atoms with Crippen LogP contribution in [0.15, 0.2) is 18.2 Å². The number of carbonyl (C=O) groups excluding carboxylic acids is 2. The van der Waals surface area contributed by atoms with Crippen molar-refractivity contribution in [1.29, 1.82) is 0 Å². The summed E-state index contributed by atoms with van der Waals surface area (Å²) in [6, 6.07) is 3.71. The highest BCUT2D eigenvalue weighted by Gasteiger charge is 2.20. The highest BCUT2D eigenvalue weighted by Crippen LogP contribution is 2.26. The number of nitrogens with one attached hydrogen (secondary N) is 3. The van der Waals surface area contributed by atoms with E-state index in [-0.39, 0.29) is 11.4 Å². The van der Waals surface area contributed by atoms with Crippen LogP contribution in [0.2, 0.25) is 5.02 Å². The summed E-state index contributed by atoms with van der Waals surface area (Å²) in [6.07, 6.45) is 0. The fourth-order valence-electron chi connectivity index (χ4n) is 1.62. The van der Waals surface area contributed by atoms with Crippen molar-refractivity contribution in [2.45, 2.75) is 39.3 Å². The third-order valence-electron chi connectivity index (χ3n) is 2.66. The van der Waals surface area contributed by atoms with Crippen molar-refractivity contribution in [1.82, 2.24) is 10.6 Å². The van der Waals surface area contributed by atoms with Crippen LogP contribution < -0.4 is 20.7 Å². The number of anilines is 1. The fourth-order valence-corrected chi connectivity index (χ4v) is 1.84. The van der Waals surface area contributed by atoms with E-state index in [2.05, 4.69) is 16.0 Å². The molecule has 122 valence electrons. The Bertz CT molecular complexity index is 555. The molecular formula is C15H22ClN3O3. The number of ether oxygens (including phenoxy) is 1. The Hall–Kier alpha value is -1.95. The summed E-state index contributed by atoms with van der Waals surface area (Å²) < 4.78 is 5.03. The predicted octanol–water partition coefficient (Wildman–Crippen LogP) is 2.77. The summed E-state index contributed by atoms with van der Waals surface area (Å²) in [4.78, 5) is 23.8.